The van der Waals surface area contributed by atoms with Gasteiger partial charge in [-0.1, -0.05) is 19.3 Å². The normalized spacial score (nSPS) is 50.2. The van der Waals surface area contributed by atoms with Crippen LogP contribution in [-0.4, -0.2) is 29.7 Å². The van der Waals surface area contributed by atoms with Gasteiger partial charge in [0.1, 0.15) is 0 Å². The maximum atomic E-state index is 11.3. The van der Waals surface area contributed by atoms with Crippen LogP contribution in [0.15, 0.2) is 0 Å². The first kappa shape index (κ1) is 11.7. The number of hydrogen-bond donors (Lipinski definition) is 1. The van der Waals surface area contributed by atoms with E-state index in [2.05, 4.69) is 0 Å². The van der Waals surface area contributed by atoms with Crippen molar-refractivity contribution in [2.24, 2.45) is 17.8 Å². The first-order valence-corrected chi connectivity index (χ1v) is 7.76. The minimum absolute atomic E-state index is 0.227. The molecule has 3 heteroatoms. The Hall–Kier alpha value is -0.120. The maximum absolute atomic E-state index is 11.3. The van der Waals surface area contributed by atoms with Gasteiger partial charge < -0.3 is 14.6 Å². The highest BCUT2D eigenvalue weighted by Gasteiger charge is 2.65. The van der Waals surface area contributed by atoms with Gasteiger partial charge in [0.15, 0.2) is 5.79 Å². The lowest BCUT2D eigenvalue weighted by atomic mass is 9.52. The Morgan fingerprint density at radius 2 is 1.67 bits per heavy atom. The van der Waals surface area contributed by atoms with Crippen LogP contribution in [0.1, 0.15) is 51.4 Å². The van der Waals surface area contributed by atoms with E-state index >= 15 is 0 Å². The van der Waals surface area contributed by atoms with Crippen molar-refractivity contribution in [3.05, 3.63) is 0 Å². The average Bonchev–Trinajstić information content (AvgIpc) is 2.82. The van der Waals surface area contributed by atoms with Gasteiger partial charge in [0.05, 0.1) is 18.8 Å². The predicted octanol–water partition coefficient (Wildman–Crippen LogP) is 2.47. The number of ether oxygens (including phenoxy) is 2. The average molecular weight is 252 g/mol. The highest BCUT2D eigenvalue weighted by Crippen LogP contribution is 2.60. The van der Waals surface area contributed by atoms with E-state index in [1.807, 2.05) is 0 Å². The van der Waals surface area contributed by atoms with Crippen molar-refractivity contribution < 1.29 is 14.6 Å². The van der Waals surface area contributed by atoms with Crippen LogP contribution in [0.25, 0.3) is 0 Å². The molecule has 1 N–H and O–H groups in total. The molecule has 1 spiro atoms. The minimum Gasteiger partial charge on any atom is -0.389 e. The van der Waals surface area contributed by atoms with Crippen molar-refractivity contribution >= 4 is 0 Å². The predicted molar refractivity (Wildman–Crippen MR) is 67.0 cm³/mol. The summed E-state index contributed by atoms with van der Waals surface area (Å²) in [5, 5.41) is 11.3. The summed E-state index contributed by atoms with van der Waals surface area (Å²) in [7, 11) is 0. The molecule has 4 unspecified atom stereocenters. The van der Waals surface area contributed by atoms with E-state index in [-0.39, 0.29) is 5.92 Å². The SMILES string of the molecule is OC12CCCCC1CC1CCCC2C12OCCO2. The molecule has 4 rings (SSSR count). The van der Waals surface area contributed by atoms with Crippen LogP contribution < -0.4 is 0 Å². The van der Waals surface area contributed by atoms with E-state index in [4.69, 9.17) is 9.47 Å². The van der Waals surface area contributed by atoms with Gasteiger partial charge in [-0.05, 0) is 38.0 Å². The molecule has 0 radical (unpaired) electrons. The fraction of sp³-hybridized carbons (Fsp3) is 1.00. The molecule has 3 saturated carbocycles. The number of fused-ring (bicyclic) bond motifs is 2. The fourth-order valence-corrected chi connectivity index (χ4v) is 5.39. The molecule has 0 amide bonds. The molecule has 102 valence electrons. The van der Waals surface area contributed by atoms with Crippen molar-refractivity contribution in [3.63, 3.8) is 0 Å². The van der Waals surface area contributed by atoms with Gasteiger partial charge in [0.25, 0.3) is 0 Å². The van der Waals surface area contributed by atoms with Crippen LogP contribution in [-0.2, 0) is 9.47 Å². The van der Waals surface area contributed by atoms with Gasteiger partial charge in [-0.25, -0.2) is 0 Å². The molecule has 4 aliphatic rings. The van der Waals surface area contributed by atoms with Crippen molar-refractivity contribution in [3.8, 4) is 0 Å². The topological polar surface area (TPSA) is 38.7 Å². The number of aliphatic hydroxyl groups is 1. The molecule has 3 nitrogen and oxygen atoms in total. The molecular formula is C15H24O3. The molecule has 4 fully saturated rings. The second-order valence-electron chi connectivity index (χ2n) is 6.77. The smallest absolute Gasteiger partial charge is 0.176 e. The molecule has 1 aliphatic heterocycles. The lowest BCUT2D eigenvalue weighted by Gasteiger charge is -2.60. The molecule has 2 bridgehead atoms. The monoisotopic (exact) mass is 252 g/mol. The van der Waals surface area contributed by atoms with E-state index in [0.717, 1.165) is 19.3 Å². The maximum Gasteiger partial charge on any atom is 0.176 e. The molecule has 0 aromatic rings. The first-order valence-electron chi connectivity index (χ1n) is 7.76. The van der Waals surface area contributed by atoms with Gasteiger partial charge >= 0.3 is 0 Å². The Labute approximate surface area is 109 Å². The molecule has 1 saturated heterocycles. The molecule has 0 aromatic carbocycles. The standard InChI is InChI=1S/C15H24O3/c16-14-7-2-1-4-11(14)10-12-5-3-6-13(14)15(12)17-8-9-18-15/h11-13,16H,1-10H2. The molecule has 0 aromatic heterocycles. The summed E-state index contributed by atoms with van der Waals surface area (Å²) in [6.07, 6.45) is 9.30. The van der Waals surface area contributed by atoms with Gasteiger partial charge in [-0.2, -0.15) is 0 Å². The van der Waals surface area contributed by atoms with Gasteiger partial charge in [0, 0.05) is 11.8 Å². The lowest BCUT2D eigenvalue weighted by Crippen LogP contribution is -2.66. The zero-order chi connectivity index (χ0) is 12.2. The third-order valence-corrected chi connectivity index (χ3v) is 6.10. The zero-order valence-corrected chi connectivity index (χ0v) is 11.1. The van der Waals surface area contributed by atoms with Crippen LogP contribution >= 0.6 is 0 Å². The number of rotatable bonds is 0. The van der Waals surface area contributed by atoms with Crippen molar-refractivity contribution in [1.82, 2.24) is 0 Å². The summed E-state index contributed by atoms with van der Waals surface area (Å²) in [5.41, 5.74) is -0.500. The summed E-state index contributed by atoms with van der Waals surface area (Å²) in [6, 6.07) is 0. The van der Waals surface area contributed by atoms with Crippen LogP contribution in [0.4, 0.5) is 0 Å². The highest BCUT2D eigenvalue weighted by molar-refractivity contribution is 5.10. The highest BCUT2D eigenvalue weighted by atomic mass is 16.7. The Bertz CT molecular complexity index is 337. The van der Waals surface area contributed by atoms with E-state index in [9.17, 15) is 5.11 Å². The summed E-state index contributed by atoms with van der Waals surface area (Å²) in [6.45, 7) is 1.43. The van der Waals surface area contributed by atoms with Crippen molar-refractivity contribution in [2.75, 3.05) is 13.2 Å². The van der Waals surface area contributed by atoms with E-state index in [1.54, 1.807) is 0 Å². The van der Waals surface area contributed by atoms with E-state index in [1.165, 1.54) is 32.1 Å². The van der Waals surface area contributed by atoms with Crippen LogP contribution in [0, 0.1) is 17.8 Å². The van der Waals surface area contributed by atoms with Crippen molar-refractivity contribution in [2.45, 2.75) is 62.8 Å². The Balaban J connectivity index is 1.74. The Morgan fingerprint density at radius 1 is 0.889 bits per heavy atom. The van der Waals surface area contributed by atoms with Gasteiger partial charge in [0.2, 0.25) is 0 Å². The van der Waals surface area contributed by atoms with E-state index < -0.39 is 11.4 Å². The molecule has 18 heavy (non-hydrogen) atoms. The number of hydrogen-bond acceptors (Lipinski definition) is 3. The molecular weight excluding hydrogens is 228 g/mol. The summed E-state index contributed by atoms with van der Waals surface area (Å²) in [5.74, 6) is 0.841. The quantitative estimate of drug-likeness (QED) is 0.720. The summed E-state index contributed by atoms with van der Waals surface area (Å²) in [4.78, 5) is 0. The van der Waals surface area contributed by atoms with Crippen LogP contribution in [0.3, 0.4) is 0 Å². The Kier molecular flexibility index (Phi) is 2.56. The van der Waals surface area contributed by atoms with Crippen LogP contribution in [0.2, 0.25) is 0 Å². The summed E-state index contributed by atoms with van der Waals surface area (Å²) >= 11 is 0. The largest absolute Gasteiger partial charge is 0.389 e. The minimum atomic E-state index is -0.500. The molecule has 3 aliphatic carbocycles. The van der Waals surface area contributed by atoms with Gasteiger partial charge in [-0.3, -0.25) is 0 Å². The second kappa shape index (κ2) is 3.94. The van der Waals surface area contributed by atoms with Gasteiger partial charge in [-0.15, -0.1) is 0 Å². The first-order chi connectivity index (χ1) is 8.76. The molecule has 1 heterocycles. The molecule has 4 atom stereocenters. The van der Waals surface area contributed by atoms with E-state index in [0.29, 0.717) is 25.0 Å². The third-order valence-electron chi connectivity index (χ3n) is 6.10. The summed E-state index contributed by atoms with van der Waals surface area (Å²) < 4.78 is 12.2. The fourth-order valence-electron chi connectivity index (χ4n) is 5.39. The third kappa shape index (κ3) is 1.36. The Morgan fingerprint density at radius 3 is 2.50 bits per heavy atom. The van der Waals surface area contributed by atoms with Crippen molar-refractivity contribution in [1.29, 1.82) is 0 Å². The van der Waals surface area contributed by atoms with Crippen LogP contribution in [0.5, 0.6) is 0 Å². The second-order valence-corrected chi connectivity index (χ2v) is 6.77. The lowest BCUT2D eigenvalue weighted by molar-refractivity contribution is -0.322. The zero-order valence-electron chi connectivity index (χ0n) is 11.1.